The zero-order chi connectivity index (χ0) is 6.53. The fourth-order valence-corrected chi connectivity index (χ4v) is 1.37. The van der Waals surface area contributed by atoms with Gasteiger partial charge in [0.1, 0.15) is 0 Å². The van der Waals surface area contributed by atoms with Crippen LogP contribution >= 0.6 is 0 Å². The van der Waals surface area contributed by atoms with Crippen molar-refractivity contribution in [3.05, 3.63) is 0 Å². The lowest BCUT2D eigenvalue weighted by molar-refractivity contribution is 0.540. The van der Waals surface area contributed by atoms with E-state index in [2.05, 4.69) is 5.32 Å². The second-order valence-corrected chi connectivity index (χ2v) is 2.72. The van der Waals surface area contributed by atoms with Gasteiger partial charge in [-0.05, 0) is 38.8 Å². The van der Waals surface area contributed by atoms with Gasteiger partial charge in [-0.1, -0.05) is 0 Å². The summed E-state index contributed by atoms with van der Waals surface area (Å²) in [5.41, 5.74) is 5.38. The monoisotopic (exact) mass is 128 g/mol. The molecule has 0 saturated carbocycles. The van der Waals surface area contributed by atoms with Crippen LogP contribution in [0.25, 0.3) is 0 Å². The van der Waals surface area contributed by atoms with Crippen LogP contribution in [-0.2, 0) is 0 Å². The molecule has 1 rings (SSSR count). The van der Waals surface area contributed by atoms with E-state index in [-0.39, 0.29) is 0 Å². The SMILES string of the molecule is NCCCC1CCCN1. The molecule has 1 heterocycles. The minimum absolute atomic E-state index is 0.786. The Balaban J connectivity index is 1.98. The molecular weight excluding hydrogens is 112 g/mol. The van der Waals surface area contributed by atoms with Gasteiger partial charge >= 0.3 is 0 Å². The summed E-state index contributed by atoms with van der Waals surface area (Å²) in [5.74, 6) is 0. The summed E-state index contributed by atoms with van der Waals surface area (Å²) in [6.45, 7) is 2.06. The lowest BCUT2D eigenvalue weighted by Crippen LogP contribution is -2.21. The van der Waals surface area contributed by atoms with Gasteiger partial charge in [-0.2, -0.15) is 0 Å². The zero-order valence-electron chi connectivity index (χ0n) is 5.90. The molecule has 9 heavy (non-hydrogen) atoms. The largest absolute Gasteiger partial charge is 0.330 e. The maximum absolute atomic E-state index is 5.38. The molecular formula is C7H16N2. The number of nitrogens with one attached hydrogen (secondary N) is 1. The third kappa shape index (κ3) is 2.33. The van der Waals surface area contributed by atoms with E-state index >= 15 is 0 Å². The van der Waals surface area contributed by atoms with Crippen LogP contribution < -0.4 is 11.1 Å². The van der Waals surface area contributed by atoms with E-state index in [4.69, 9.17) is 5.73 Å². The Bertz CT molecular complexity index is 67.3. The second-order valence-electron chi connectivity index (χ2n) is 2.72. The predicted molar refractivity (Wildman–Crippen MR) is 39.3 cm³/mol. The first-order valence-corrected chi connectivity index (χ1v) is 3.87. The number of hydrogen-bond acceptors (Lipinski definition) is 2. The molecule has 0 bridgehead atoms. The molecule has 2 heteroatoms. The average Bonchev–Trinajstić information content (AvgIpc) is 2.34. The standard InChI is InChI=1S/C7H16N2/c8-5-1-3-7-4-2-6-9-7/h7,9H,1-6,8H2. The average molecular weight is 128 g/mol. The van der Waals surface area contributed by atoms with Gasteiger partial charge in [-0.25, -0.2) is 0 Å². The van der Waals surface area contributed by atoms with E-state index < -0.39 is 0 Å². The number of hydrogen-bond donors (Lipinski definition) is 2. The van der Waals surface area contributed by atoms with Gasteiger partial charge in [0.15, 0.2) is 0 Å². The molecule has 0 aromatic rings. The molecule has 2 nitrogen and oxygen atoms in total. The molecule has 0 radical (unpaired) electrons. The maximum Gasteiger partial charge on any atom is 0.00680 e. The van der Waals surface area contributed by atoms with Crippen molar-refractivity contribution in [2.24, 2.45) is 5.73 Å². The molecule has 0 aliphatic carbocycles. The quantitative estimate of drug-likeness (QED) is 0.580. The Kier molecular flexibility index (Phi) is 3.01. The molecule has 54 valence electrons. The molecule has 1 aliphatic rings. The van der Waals surface area contributed by atoms with Gasteiger partial charge in [0.2, 0.25) is 0 Å². The van der Waals surface area contributed by atoms with E-state index in [9.17, 15) is 0 Å². The zero-order valence-corrected chi connectivity index (χ0v) is 5.90. The van der Waals surface area contributed by atoms with Crippen molar-refractivity contribution in [1.82, 2.24) is 5.32 Å². The van der Waals surface area contributed by atoms with Crippen molar-refractivity contribution >= 4 is 0 Å². The summed E-state index contributed by atoms with van der Waals surface area (Å²) in [7, 11) is 0. The van der Waals surface area contributed by atoms with Crippen molar-refractivity contribution in [3.63, 3.8) is 0 Å². The number of nitrogens with two attached hydrogens (primary N) is 1. The predicted octanol–water partition coefficient (Wildman–Crippen LogP) is 0.477. The first-order chi connectivity index (χ1) is 4.43. The Labute approximate surface area is 56.8 Å². The highest BCUT2D eigenvalue weighted by molar-refractivity contribution is 4.73. The van der Waals surface area contributed by atoms with Crippen LogP contribution in [0.15, 0.2) is 0 Å². The molecule has 0 spiro atoms. The summed E-state index contributed by atoms with van der Waals surface area (Å²) < 4.78 is 0. The summed E-state index contributed by atoms with van der Waals surface area (Å²) in [5, 5.41) is 3.44. The molecule has 1 fully saturated rings. The molecule has 0 aromatic heterocycles. The summed E-state index contributed by atoms with van der Waals surface area (Å²) in [6.07, 6.45) is 5.17. The van der Waals surface area contributed by atoms with E-state index in [1.807, 2.05) is 0 Å². The summed E-state index contributed by atoms with van der Waals surface area (Å²) in [6, 6.07) is 0.786. The highest BCUT2D eigenvalue weighted by Gasteiger charge is 2.11. The molecule has 1 unspecified atom stereocenters. The van der Waals surface area contributed by atoms with Crippen molar-refractivity contribution in [3.8, 4) is 0 Å². The lowest BCUT2D eigenvalue weighted by atomic mass is 10.1. The fourth-order valence-electron chi connectivity index (χ4n) is 1.37. The van der Waals surface area contributed by atoms with Gasteiger partial charge < -0.3 is 11.1 Å². The Morgan fingerprint density at radius 1 is 1.56 bits per heavy atom. The van der Waals surface area contributed by atoms with Crippen LogP contribution in [0.3, 0.4) is 0 Å². The van der Waals surface area contributed by atoms with E-state index in [0.29, 0.717) is 0 Å². The normalized spacial score (nSPS) is 27.0. The van der Waals surface area contributed by atoms with Crippen LogP contribution in [0.2, 0.25) is 0 Å². The second kappa shape index (κ2) is 3.85. The third-order valence-electron chi connectivity index (χ3n) is 1.92. The highest BCUT2D eigenvalue weighted by Crippen LogP contribution is 2.09. The van der Waals surface area contributed by atoms with Crippen molar-refractivity contribution < 1.29 is 0 Å². The molecule has 0 aromatic carbocycles. The first kappa shape index (κ1) is 7.03. The van der Waals surface area contributed by atoms with Gasteiger partial charge in [0, 0.05) is 6.04 Å². The van der Waals surface area contributed by atoms with Gasteiger partial charge in [0.25, 0.3) is 0 Å². The van der Waals surface area contributed by atoms with Gasteiger partial charge in [0.05, 0.1) is 0 Å². The Morgan fingerprint density at radius 3 is 3.00 bits per heavy atom. The van der Waals surface area contributed by atoms with Gasteiger partial charge in [-0.15, -0.1) is 0 Å². The maximum atomic E-state index is 5.38. The molecule has 0 amide bonds. The van der Waals surface area contributed by atoms with Crippen molar-refractivity contribution in [1.29, 1.82) is 0 Å². The minimum atomic E-state index is 0.786. The molecule has 1 saturated heterocycles. The van der Waals surface area contributed by atoms with Crippen LogP contribution in [0, 0.1) is 0 Å². The topological polar surface area (TPSA) is 38.0 Å². The van der Waals surface area contributed by atoms with E-state index in [1.54, 1.807) is 0 Å². The van der Waals surface area contributed by atoms with Crippen molar-refractivity contribution in [2.45, 2.75) is 31.7 Å². The lowest BCUT2D eigenvalue weighted by Gasteiger charge is -2.06. The number of rotatable bonds is 3. The summed E-state index contributed by atoms with van der Waals surface area (Å²) >= 11 is 0. The van der Waals surface area contributed by atoms with Crippen LogP contribution in [0.4, 0.5) is 0 Å². The van der Waals surface area contributed by atoms with Gasteiger partial charge in [-0.3, -0.25) is 0 Å². The minimum Gasteiger partial charge on any atom is -0.330 e. The van der Waals surface area contributed by atoms with E-state index in [1.165, 1.54) is 32.2 Å². The van der Waals surface area contributed by atoms with Crippen LogP contribution in [0.1, 0.15) is 25.7 Å². The third-order valence-corrected chi connectivity index (χ3v) is 1.92. The smallest absolute Gasteiger partial charge is 0.00680 e. The van der Waals surface area contributed by atoms with Crippen LogP contribution in [0.5, 0.6) is 0 Å². The Hall–Kier alpha value is -0.0800. The fraction of sp³-hybridized carbons (Fsp3) is 1.00. The first-order valence-electron chi connectivity index (χ1n) is 3.87. The molecule has 1 aliphatic heterocycles. The summed E-state index contributed by atoms with van der Waals surface area (Å²) in [4.78, 5) is 0. The van der Waals surface area contributed by atoms with Crippen LogP contribution in [-0.4, -0.2) is 19.1 Å². The molecule has 1 atom stereocenters. The van der Waals surface area contributed by atoms with Crippen molar-refractivity contribution in [2.75, 3.05) is 13.1 Å². The molecule has 3 N–H and O–H groups in total. The highest BCUT2D eigenvalue weighted by atomic mass is 14.9. The van der Waals surface area contributed by atoms with E-state index in [0.717, 1.165) is 12.6 Å². The Morgan fingerprint density at radius 2 is 2.44 bits per heavy atom.